The van der Waals surface area contributed by atoms with Gasteiger partial charge >= 0.3 is 0 Å². The molecular formula is C8H11N3S. The summed E-state index contributed by atoms with van der Waals surface area (Å²) in [5, 5.41) is 1.97. The second kappa shape index (κ2) is 4.88. The van der Waals surface area contributed by atoms with Crippen LogP contribution in [0.3, 0.4) is 0 Å². The molecule has 0 saturated carbocycles. The summed E-state index contributed by atoms with van der Waals surface area (Å²) in [7, 11) is 0. The number of nitrogens with zero attached hydrogens (tertiary/aromatic N) is 1. The number of thiazole rings is 1. The van der Waals surface area contributed by atoms with Gasteiger partial charge in [0.2, 0.25) is 0 Å². The Morgan fingerprint density at radius 2 is 2.67 bits per heavy atom. The third kappa shape index (κ3) is 2.31. The molecule has 4 heteroatoms. The number of terminal acetylenes is 1. The molecule has 1 rings (SSSR count). The van der Waals surface area contributed by atoms with Crippen molar-refractivity contribution in [1.82, 2.24) is 10.4 Å². The highest BCUT2D eigenvalue weighted by atomic mass is 32.1. The molecule has 0 aliphatic rings. The van der Waals surface area contributed by atoms with E-state index in [1.54, 1.807) is 16.8 Å². The van der Waals surface area contributed by atoms with Crippen molar-refractivity contribution >= 4 is 11.3 Å². The fraction of sp³-hybridized carbons (Fsp3) is 0.375. The lowest BCUT2D eigenvalue weighted by Crippen LogP contribution is -2.28. The topological polar surface area (TPSA) is 50.9 Å². The molecule has 64 valence electrons. The fourth-order valence-electron chi connectivity index (χ4n) is 0.938. The molecule has 0 aliphatic heterocycles. The van der Waals surface area contributed by atoms with Crippen LogP contribution in [0.1, 0.15) is 24.6 Å². The molecule has 12 heavy (non-hydrogen) atoms. The SMILES string of the molecule is C#CCCC(NN)c1cscn1. The van der Waals surface area contributed by atoms with Gasteiger partial charge in [-0.2, -0.15) is 0 Å². The maximum atomic E-state index is 5.35. The molecule has 0 amide bonds. The van der Waals surface area contributed by atoms with Crippen molar-refractivity contribution in [3.8, 4) is 12.3 Å². The molecule has 1 aromatic heterocycles. The first kappa shape index (κ1) is 9.20. The Morgan fingerprint density at radius 1 is 1.83 bits per heavy atom. The zero-order valence-corrected chi connectivity index (χ0v) is 7.47. The average molecular weight is 181 g/mol. The van der Waals surface area contributed by atoms with Crippen LogP contribution in [0.15, 0.2) is 10.9 Å². The van der Waals surface area contributed by atoms with Gasteiger partial charge in [-0.3, -0.25) is 11.3 Å². The first-order valence-electron chi connectivity index (χ1n) is 3.66. The highest BCUT2D eigenvalue weighted by molar-refractivity contribution is 7.07. The Bertz CT molecular complexity index is 250. The Balaban J connectivity index is 2.52. The van der Waals surface area contributed by atoms with Crippen LogP contribution in [0.2, 0.25) is 0 Å². The van der Waals surface area contributed by atoms with E-state index in [4.69, 9.17) is 12.3 Å². The molecular weight excluding hydrogens is 170 g/mol. The Kier molecular flexibility index (Phi) is 3.74. The number of hydrogen-bond donors (Lipinski definition) is 2. The standard InChI is InChI=1S/C8H11N3S/c1-2-3-4-7(11-9)8-5-12-6-10-8/h1,5-7,11H,3-4,9H2. The van der Waals surface area contributed by atoms with Crippen LogP contribution in [0.25, 0.3) is 0 Å². The molecule has 3 N–H and O–H groups in total. The monoisotopic (exact) mass is 181 g/mol. The summed E-state index contributed by atoms with van der Waals surface area (Å²) in [4.78, 5) is 4.15. The van der Waals surface area contributed by atoms with Crippen molar-refractivity contribution in [2.75, 3.05) is 0 Å². The van der Waals surface area contributed by atoms with E-state index in [-0.39, 0.29) is 6.04 Å². The molecule has 0 saturated heterocycles. The minimum absolute atomic E-state index is 0.0901. The number of nitrogens with two attached hydrogens (primary N) is 1. The first-order valence-corrected chi connectivity index (χ1v) is 4.60. The van der Waals surface area contributed by atoms with Crippen molar-refractivity contribution < 1.29 is 0 Å². The van der Waals surface area contributed by atoms with Crippen LogP contribution in [0, 0.1) is 12.3 Å². The molecule has 3 nitrogen and oxygen atoms in total. The molecule has 0 aromatic carbocycles. The first-order chi connectivity index (χ1) is 5.88. The number of hydrazine groups is 1. The van der Waals surface area contributed by atoms with Crippen molar-refractivity contribution in [3.05, 3.63) is 16.6 Å². The third-order valence-electron chi connectivity index (χ3n) is 1.59. The lowest BCUT2D eigenvalue weighted by molar-refractivity contribution is 0.514. The predicted molar refractivity (Wildman–Crippen MR) is 50.2 cm³/mol. The van der Waals surface area contributed by atoms with Gasteiger partial charge in [-0.25, -0.2) is 4.98 Å². The Morgan fingerprint density at radius 3 is 3.17 bits per heavy atom. The maximum Gasteiger partial charge on any atom is 0.0795 e. The van der Waals surface area contributed by atoms with Crippen LogP contribution in [0.4, 0.5) is 0 Å². The van der Waals surface area contributed by atoms with E-state index in [0.29, 0.717) is 6.42 Å². The number of hydrogen-bond acceptors (Lipinski definition) is 4. The van der Waals surface area contributed by atoms with Gasteiger partial charge in [0.15, 0.2) is 0 Å². The minimum Gasteiger partial charge on any atom is -0.271 e. The van der Waals surface area contributed by atoms with Crippen LogP contribution in [-0.2, 0) is 0 Å². The summed E-state index contributed by atoms with van der Waals surface area (Å²) in [6, 6.07) is 0.0901. The van der Waals surface area contributed by atoms with E-state index in [9.17, 15) is 0 Å². The Hall–Kier alpha value is -0.890. The van der Waals surface area contributed by atoms with E-state index < -0.39 is 0 Å². The van der Waals surface area contributed by atoms with E-state index in [2.05, 4.69) is 16.3 Å². The average Bonchev–Trinajstić information content (AvgIpc) is 2.59. The van der Waals surface area contributed by atoms with Crippen LogP contribution in [0.5, 0.6) is 0 Å². The van der Waals surface area contributed by atoms with Crippen LogP contribution >= 0.6 is 11.3 Å². The molecule has 0 fully saturated rings. The predicted octanol–water partition coefficient (Wildman–Crippen LogP) is 1.06. The number of rotatable bonds is 4. The lowest BCUT2D eigenvalue weighted by atomic mass is 10.1. The van der Waals surface area contributed by atoms with Gasteiger partial charge in [-0.15, -0.1) is 23.7 Å². The zero-order chi connectivity index (χ0) is 8.81. The highest BCUT2D eigenvalue weighted by Gasteiger charge is 2.09. The fourth-order valence-corrected chi connectivity index (χ4v) is 1.55. The van der Waals surface area contributed by atoms with Crippen LogP contribution in [-0.4, -0.2) is 4.98 Å². The van der Waals surface area contributed by atoms with Gasteiger partial charge in [0, 0.05) is 11.8 Å². The second-order valence-electron chi connectivity index (χ2n) is 2.38. The maximum absolute atomic E-state index is 5.35. The normalized spacial score (nSPS) is 12.3. The molecule has 0 bridgehead atoms. The molecule has 0 spiro atoms. The van der Waals surface area contributed by atoms with Gasteiger partial charge in [0.05, 0.1) is 17.2 Å². The number of nitrogens with one attached hydrogen (secondary N) is 1. The summed E-state index contributed by atoms with van der Waals surface area (Å²) in [5.74, 6) is 7.93. The van der Waals surface area contributed by atoms with Crippen molar-refractivity contribution in [2.24, 2.45) is 5.84 Å². The summed E-state index contributed by atoms with van der Waals surface area (Å²) in [6.07, 6.45) is 6.69. The van der Waals surface area contributed by atoms with Crippen molar-refractivity contribution in [3.63, 3.8) is 0 Å². The summed E-state index contributed by atoms with van der Waals surface area (Å²) < 4.78 is 0. The minimum atomic E-state index is 0.0901. The Labute approximate surface area is 76.0 Å². The van der Waals surface area contributed by atoms with Gasteiger partial charge in [0.25, 0.3) is 0 Å². The van der Waals surface area contributed by atoms with Gasteiger partial charge in [-0.05, 0) is 6.42 Å². The zero-order valence-electron chi connectivity index (χ0n) is 6.66. The molecule has 0 radical (unpaired) electrons. The van der Waals surface area contributed by atoms with Gasteiger partial charge in [0.1, 0.15) is 0 Å². The summed E-state index contributed by atoms with van der Waals surface area (Å²) in [5.41, 5.74) is 5.45. The van der Waals surface area contributed by atoms with Gasteiger partial charge in [-0.1, -0.05) is 0 Å². The van der Waals surface area contributed by atoms with Crippen molar-refractivity contribution in [2.45, 2.75) is 18.9 Å². The van der Waals surface area contributed by atoms with E-state index in [1.807, 2.05) is 5.38 Å². The van der Waals surface area contributed by atoms with E-state index >= 15 is 0 Å². The summed E-state index contributed by atoms with van der Waals surface area (Å²) >= 11 is 1.56. The highest BCUT2D eigenvalue weighted by Crippen LogP contribution is 2.16. The molecule has 1 unspecified atom stereocenters. The molecule has 1 aromatic rings. The molecule has 1 atom stereocenters. The van der Waals surface area contributed by atoms with Crippen LogP contribution < -0.4 is 11.3 Å². The molecule has 0 aliphatic carbocycles. The smallest absolute Gasteiger partial charge is 0.0795 e. The molecule has 1 heterocycles. The van der Waals surface area contributed by atoms with E-state index in [0.717, 1.165) is 12.1 Å². The largest absolute Gasteiger partial charge is 0.271 e. The summed E-state index contributed by atoms with van der Waals surface area (Å²) in [6.45, 7) is 0. The lowest BCUT2D eigenvalue weighted by Gasteiger charge is -2.10. The van der Waals surface area contributed by atoms with Gasteiger partial charge < -0.3 is 0 Å². The second-order valence-corrected chi connectivity index (χ2v) is 3.09. The quantitative estimate of drug-likeness (QED) is 0.415. The van der Waals surface area contributed by atoms with Crippen molar-refractivity contribution in [1.29, 1.82) is 0 Å². The van der Waals surface area contributed by atoms with E-state index in [1.165, 1.54) is 0 Å². The number of aromatic nitrogens is 1. The third-order valence-corrected chi connectivity index (χ3v) is 2.19.